The second-order valence-electron chi connectivity index (χ2n) is 2.66. The van der Waals surface area contributed by atoms with Crippen LogP contribution in [0.15, 0.2) is 18.2 Å². The largest absolute Gasteiger partial charge is 0.296 e. The van der Waals surface area contributed by atoms with Crippen LogP contribution in [-0.4, -0.2) is 12.2 Å². The fraction of sp³-hybridized carbons (Fsp3) is 0.222. The molecule has 0 amide bonds. The number of hydrogen-bond donors (Lipinski definition) is 0. The number of hydrogen-bond acceptors (Lipinski definition) is 1. The molecule has 5 heteroatoms. The molecular weight excluding hydrogens is 200 g/mol. The van der Waals surface area contributed by atoms with E-state index in [2.05, 4.69) is 0 Å². The van der Waals surface area contributed by atoms with E-state index in [1.165, 1.54) is 0 Å². The first kappa shape index (κ1) is 10.7. The quantitative estimate of drug-likeness (QED) is 0.693. The third kappa shape index (κ3) is 2.31. The van der Waals surface area contributed by atoms with Crippen molar-refractivity contribution < 1.29 is 22.4 Å². The Bertz CT molecular complexity index is 349. The molecule has 14 heavy (non-hydrogen) atoms. The summed E-state index contributed by atoms with van der Waals surface area (Å²) >= 11 is 0. The van der Waals surface area contributed by atoms with Crippen molar-refractivity contribution in [3.05, 3.63) is 35.4 Å². The second-order valence-corrected chi connectivity index (χ2v) is 2.66. The molecule has 0 bridgehead atoms. The van der Waals surface area contributed by atoms with Crippen molar-refractivity contribution in [1.82, 2.24) is 0 Å². The van der Waals surface area contributed by atoms with E-state index in [1.54, 1.807) is 0 Å². The minimum atomic E-state index is -3.15. The molecule has 0 saturated heterocycles. The van der Waals surface area contributed by atoms with Crippen molar-refractivity contribution in [2.24, 2.45) is 0 Å². The van der Waals surface area contributed by atoms with Crippen molar-refractivity contribution in [1.29, 1.82) is 0 Å². The van der Waals surface area contributed by atoms with Crippen LogP contribution in [0.1, 0.15) is 5.56 Å². The number of ketones is 1. The molecule has 0 aliphatic carbocycles. The Balaban J connectivity index is 2.87. The molecule has 0 unspecified atom stereocenters. The van der Waals surface area contributed by atoms with E-state index in [9.17, 15) is 22.4 Å². The maximum Gasteiger partial charge on any atom is 0.296 e. The standard InChI is InChI=1S/C9H6F4O/c10-6-3-1-2-5(8(6)11)4-7(14)9(12)13/h1-3,9H,4H2. The number of rotatable bonds is 3. The van der Waals surface area contributed by atoms with Gasteiger partial charge in [-0.15, -0.1) is 0 Å². The van der Waals surface area contributed by atoms with Crippen LogP contribution in [0, 0.1) is 11.6 Å². The maximum atomic E-state index is 12.9. The van der Waals surface area contributed by atoms with Gasteiger partial charge in [0.1, 0.15) is 0 Å². The summed E-state index contributed by atoms with van der Waals surface area (Å²) in [5, 5.41) is 0. The van der Waals surface area contributed by atoms with E-state index in [1.807, 2.05) is 0 Å². The summed E-state index contributed by atoms with van der Waals surface area (Å²) in [5.41, 5.74) is -0.352. The highest BCUT2D eigenvalue weighted by Gasteiger charge is 2.18. The Hall–Kier alpha value is -1.39. The van der Waals surface area contributed by atoms with Gasteiger partial charge in [-0.3, -0.25) is 4.79 Å². The van der Waals surface area contributed by atoms with Gasteiger partial charge in [0.2, 0.25) is 5.78 Å². The van der Waals surface area contributed by atoms with Crippen molar-refractivity contribution in [2.45, 2.75) is 12.8 Å². The highest BCUT2D eigenvalue weighted by Crippen LogP contribution is 2.13. The van der Waals surface area contributed by atoms with Crippen LogP contribution in [-0.2, 0) is 11.2 Å². The number of halogens is 4. The van der Waals surface area contributed by atoms with Gasteiger partial charge < -0.3 is 0 Å². The number of benzene rings is 1. The first-order valence-electron chi connectivity index (χ1n) is 3.76. The van der Waals surface area contributed by atoms with Crippen LogP contribution in [0.25, 0.3) is 0 Å². The predicted molar refractivity (Wildman–Crippen MR) is 41.1 cm³/mol. The zero-order chi connectivity index (χ0) is 10.7. The van der Waals surface area contributed by atoms with Crippen LogP contribution in [0.5, 0.6) is 0 Å². The third-order valence-corrected chi connectivity index (χ3v) is 1.64. The SMILES string of the molecule is O=C(Cc1cccc(F)c1F)C(F)F. The Morgan fingerprint density at radius 3 is 2.50 bits per heavy atom. The van der Waals surface area contributed by atoms with E-state index in [4.69, 9.17) is 0 Å². The molecule has 0 aliphatic rings. The molecule has 1 rings (SSSR count). The van der Waals surface area contributed by atoms with Crippen LogP contribution in [0.3, 0.4) is 0 Å². The number of carbonyl (C=O) groups is 1. The van der Waals surface area contributed by atoms with E-state index < -0.39 is 30.3 Å². The molecular formula is C9H6F4O. The van der Waals surface area contributed by atoms with Gasteiger partial charge in [-0.05, 0) is 11.6 Å². The second kappa shape index (κ2) is 4.21. The molecule has 0 spiro atoms. The molecule has 0 aliphatic heterocycles. The van der Waals surface area contributed by atoms with Gasteiger partial charge in [0.25, 0.3) is 6.43 Å². The Kier molecular flexibility index (Phi) is 3.22. The fourth-order valence-electron chi connectivity index (χ4n) is 0.950. The summed E-state index contributed by atoms with van der Waals surface area (Å²) in [6.07, 6.45) is -3.95. The zero-order valence-electron chi connectivity index (χ0n) is 6.94. The van der Waals surface area contributed by atoms with Crippen LogP contribution >= 0.6 is 0 Å². The number of alkyl halides is 2. The molecule has 0 atom stereocenters. The average Bonchev–Trinajstić information content (AvgIpc) is 2.12. The highest BCUT2D eigenvalue weighted by atomic mass is 19.3. The van der Waals surface area contributed by atoms with E-state index >= 15 is 0 Å². The molecule has 1 aromatic rings. The summed E-state index contributed by atoms with van der Waals surface area (Å²) in [5.74, 6) is -3.82. The first-order valence-corrected chi connectivity index (χ1v) is 3.76. The van der Waals surface area contributed by atoms with Crippen molar-refractivity contribution in [2.75, 3.05) is 0 Å². The smallest absolute Gasteiger partial charge is 0.293 e. The van der Waals surface area contributed by atoms with Gasteiger partial charge in [-0.1, -0.05) is 12.1 Å². The van der Waals surface area contributed by atoms with Crippen molar-refractivity contribution in [3.8, 4) is 0 Å². The van der Waals surface area contributed by atoms with E-state index in [-0.39, 0.29) is 5.56 Å². The van der Waals surface area contributed by atoms with Crippen molar-refractivity contribution in [3.63, 3.8) is 0 Å². The maximum absolute atomic E-state index is 12.9. The summed E-state index contributed by atoms with van der Waals surface area (Å²) in [6, 6.07) is 3.11. The molecule has 0 heterocycles. The molecule has 0 saturated carbocycles. The van der Waals surface area contributed by atoms with Gasteiger partial charge in [0.05, 0.1) is 0 Å². The molecule has 0 N–H and O–H groups in total. The summed E-state index contributed by atoms with van der Waals surface area (Å²) in [4.78, 5) is 10.5. The Labute approximate surface area is 77.3 Å². The lowest BCUT2D eigenvalue weighted by Gasteiger charge is -2.02. The lowest BCUT2D eigenvalue weighted by Crippen LogP contribution is -2.14. The topological polar surface area (TPSA) is 17.1 Å². The molecule has 76 valence electrons. The third-order valence-electron chi connectivity index (χ3n) is 1.64. The minimum Gasteiger partial charge on any atom is -0.293 e. The monoisotopic (exact) mass is 206 g/mol. The minimum absolute atomic E-state index is 0.352. The normalized spacial score (nSPS) is 10.6. The van der Waals surface area contributed by atoms with Crippen molar-refractivity contribution >= 4 is 5.78 Å². The molecule has 0 radical (unpaired) electrons. The highest BCUT2D eigenvalue weighted by molar-refractivity contribution is 5.83. The van der Waals surface area contributed by atoms with Crippen LogP contribution < -0.4 is 0 Å². The zero-order valence-corrected chi connectivity index (χ0v) is 6.94. The lowest BCUT2D eigenvalue weighted by molar-refractivity contribution is -0.128. The average molecular weight is 206 g/mol. The van der Waals surface area contributed by atoms with Gasteiger partial charge in [-0.2, -0.15) is 0 Å². The van der Waals surface area contributed by atoms with E-state index in [0.29, 0.717) is 0 Å². The Morgan fingerprint density at radius 1 is 1.29 bits per heavy atom. The van der Waals surface area contributed by atoms with Crippen LogP contribution in [0.2, 0.25) is 0 Å². The van der Waals surface area contributed by atoms with Gasteiger partial charge in [0.15, 0.2) is 11.6 Å². The predicted octanol–water partition coefficient (Wildman–Crippen LogP) is 2.34. The molecule has 1 aromatic carbocycles. The van der Waals surface area contributed by atoms with Gasteiger partial charge in [0, 0.05) is 6.42 Å². The Morgan fingerprint density at radius 2 is 1.93 bits per heavy atom. The molecule has 0 fully saturated rings. The lowest BCUT2D eigenvalue weighted by atomic mass is 10.1. The summed E-state index contributed by atoms with van der Waals surface area (Å²) in [6.45, 7) is 0. The molecule has 0 aromatic heterocycles. The fourth-order valence-corrected chi connectivity index (χ4v) is 0.950. The van der Waals surface area contributed by atoms with Gasteiger partial charge in [-0.25, -0.2) is 17.6 Å². The first-order chi connectivity index (χ1) is 6.52. The molecule has 1 nitrogen and oxygen atoms in total. The van der Waals surface area contributed by atoms with Gasteiger partial charge >= 0.3 is 0 Å². The summed E-state index contributed by atoms with van der Waals surface area (Å²) < 4.78 is 49.0. The number of carbonyl (C=O) groups excluding carboxylic acids is 1. The van der Waals surface area contributed by atoms with E-state index in [0.717, 1.165) is 18.2 Å². The number of Topliss-reactive ketones (excluding diaryl/α,β-unsaturated/α-hetero) is 1. The summed E-state index contributed by atoms with van der Waals surface area (Å²) in [7, 11) is 0. The van der Waals surface area contributed by atoms with Crippen LogP contribution in [0.4, 0.5) is 17.6 Å².